The molecule has 2 aromatic heterocycles. The molecule has 1 unspecified atom stereocenters. The van der Waals surface area contributed by atoms with Gasteiger partial charge in [-0.1, -0.05) is 82.6 Å². The summed E-state index contributed by atoms with van der Waals surface area (Å²) in [4.78, 5) is 143. The highest BCUT2D eigenvalue weighted by Crippen LogP contribution is 2.47. The number of Topliss-reactive ketones (excluding diaryl/α,β-unsaturated/α-hetero) is 1. The number of imide groups is 1. The summed E-state index contributed by atoms with van der Waals surface area (Å²) in [6, 6.07) is 22.5. The number of amides is 10. The number of aliphatic hydroxyl groups is 1. The van der Waals surface area contributed by atoms with E-state index < -0.39 is 65.7 Å². The molecule has 6 aromatic rings. The number of ketones is 1. The van der Waals surface area contributed by atoms with Gasteiger partial charge in [0, 0.05) is 105 Å². The Morgan fingerprint density at radius 1 is 0.828 bits per heavy atom. The lowest BCUT2D eigenvalue weighted by molar-refractivity contribution is -0.141. The van der Waals surface area contributed by atoms with E-state index >= 15 is 0 Å². The number of nitrogens with zero attached hydrogens (tertiary/aromatic N) is 6. The third kappa shape index (κ3) is 20.0. The number of alkyl carbamates (subject to hydrolysis) is 1. The first-order valence-electron chi connectivity index (χ1n) is 32.9. The molecule has 0 saturated carbocycles. The van der Waals surface area contributed by atoms with Crippen LogP contribution in [0.3, 0.4) is 0 Å². The lowest BCUT2D eigenvalue weighted by Crippen LogP contribution is -2.46. The summed E-state index contributed by atoms with van der Waals surface area (Å²) in [5.74, 6) is -3.88. The monoisotopic (exact) mass is 1390 g/mol. The molecule has 1 saturated heterocycles. The highest BCUT2D eigenvalue weighted by molar-refractivity contribution is 6.19. The van der Waals surface area contributed by atoms with E-state index in [2.05, 4.69) is 26.3 Å². The van der Waals surface area contributed by atoms with Crippen molar-refractivity contribution in [3.63, 3.8) is 0 Å². The lowest BCUT2D eigenvalue weighted by atomic mass is 9.80. The fourth-order valence-electron chi connectivity index (χ4n) is 11.7. The number of likely N-dealkylation sites (tertiary alicyclic amines) is 1. The maximum Gasteiger partial charge on any atom is 0.415 e. The molecular formula is C71H88ClN11O16. The summed E-state index contributed by atoms with van der Waals surface area (Å²) >= 11 is 6.67. The number of aromatic nitrogens is 2. The van der Waals surface area contributed by atoms with Crippen LogP contribution in [0.4, 0.5) is 36.2 Å². The van der Waals surface area contributed by atoms with Gasteiger partial charge >= 0.3 is 24.3 Å². The number of likely N-dealkylation sites (N-methyl/N-ethyl adjacent to an activating group) is 1. The molecule has 0 bridgehead atoms. The number of pyridine rings is 1. The van der Waals surface area contributed by atoms with Gasteiger partial charge in [-0.05, 0) is 96.5 Å². The van der Waals surface area contributed by atoms with Gasteiger partial charge in [0.2, 0.25) is 17.7 Å². The molecule has 0 aliphatic carbocycles. The summed E-state index contributed by atoms with van der Waals surface area (Å²) < 4.78 is 29.9. The van der Waals surface area contributed by atoms with Crippen LogP contribution in [0.15, 0.2) is 97.3 Å². The number of hydrogen-bond acceptors (Lipinski definition) is 17. The minimum Gasteiger partial charge on any atom is -0.447 e. The number of benzene rings is 4. The predicted octanol–water partition coefficient (Wildman–Crippen LogP) is 8.57. The second kappa shape index (κ2) is 34.7. The Bertz CT molecular complexity index is 3910. The van der Waals surface area contributed by atoms with Crippen LogP contribution >= 0.6 is 11.6 Å². The zero-order valence-corrected chi connectivity index (χ0v) is 57.8. The van der Waals surface area contributed by atoms with E-state index in [0.29, 0.717) is 39.2 Å². The normalized spacial score (nSPS) is 15.0. The van der Waals surface area contributed by atoms with E-state index in [0.717, 1.165) is 22.1 Å². The van der Waals surface area contributed by atoms with Gasteiger partial charge in [0.1, 0.15) is 30.3 Å². The number of carbonyl (C=O) groups excluding carboxylic acids is 10. The van der Waals surface area contributed by atoms with Crippen molar-refractivity contribution in [3.8, 4) is 5.75 Å². The number of aliphatic hydroxyl groups excluding tert-OH is 1. The first kappa shape index (κ1) is 75.1. The van der Waals surface area contributed by atoms with Crippen molar-refractivity contribution in [1.29, 1.82) is 0 Å². The number of ether oxygens (including phenoxy) is 5. The van der Waals surface area contributed by atoms with Gasteiger partial charge in [-0.3, -0.25) is 33.7 Å². The van der Waals surface area contributed by atoms with Crippen molar-refractivity contribution in [1.82, 2.24) is 34.7 Å². The number of anilines is 3. The van der Waals surface area contributed by atoms with E-state index in [-0.39, 0.29) is 158 Å². The van der Waals surface area contributed by atoms with Crippen molar-refractivity contribution in [2.24, 2.45) is 28.9 Å². The SMILES string of the molecule is Cc1ccc(C(=O)Nc2ccc3nc(C(=O)N4C[C@@H](CCl)c5c4cc(OC(=O)N(CCOCCO)CCN(C)C(=O)OCc4ccc(NC(=O)[C@H](CCCNC(N)=O)CC(=O)[C@@H](NC(=O)OCCOCCN6C(=O)CC(C(C)(C)C)C6=O)C(C)C)cc4)c4cccc(C)c54)cn3c2)cc1. The average molecular weight is 1390 g/mol. The molecule has 99 heavy (non-hydrogen) atoms. The van der Waals surface area contributed by atoms with Crippen molar-refractivity contribution < 1.29 is 76.7 Å². The number of hydrogen-bond donors (Lipinski definition) is 6. The van der Waals surface area contributed by atoms with Crippen molar-refractivity contribution in [2.75, 3.05) is 107 Å². The number of imidazole rings is 1. The summed E-state index contributed by atoms with van der Waals surface area (Å²) in [6.45, 7) is 12.8. The number of alkyl halides is 1. The predicted molar refractivity (Wildman–Crippen MR) is 370 cm³/mol. The Morgan fingerprint density at radius 2 is 1.56 bits per heavy atom. The van der Waals surface area contributed by atoms with Gasteiger partial charge in [0.15, 0.2) is 5.78 Å². The van der Waals surface area contributed by atoms with Crippen LogP contribution in [0.2, 0.25) is 0 Å². The van der Waals surface area contributed by atoms with E-state index in [1.807, 2.05) is 65.0 Å². The first-order valence-corrected chi connectivity index (χ1v) is 33.4. The van der Waals surface area contributed by atoms with E-state index in [4.69, 9.17) is 41.0 Å². The molecule has 27 nitrogen and oxygen atoms in total. The minimum atomic E-state index is -1.04. The number of nitrogens with one attached hydrogen (secondary N) is 4. The molecule has 8 rings (SSSR count). The summed E-state index contributed by atoms with van der Waals surface area (Å²) in [7, 11) is 1.50. The third-order valence-corrected chi connectivity index (χ3v) is 17.6. The van der Waals surface area contributed by atoms with Crippen LogP contribution in [-0.4, -0.2) is 187 Å². The molecular weight excluding hydrogens is 1300 g/mol. The number of urea groups is 1. The highest BCUT2D eigenvalue weighted by Gasteiger charge is 2.44. The Hall–Kier alpha value is -9.70. The number of rotatable bonds is 32. The topological polar surface area (TPSA) is 341 Å². The Balaban J connectivity index is 0.855. The van der Waals surface area contributed by atoms with E-state index in [9.17, 15) is 53.1 Å². The van der Waals surface area contributed by atoms with Gasteiger partial charge < -0.3 is 74.9 Å². The maximum atomic E-state index is 14.6. The third-order valence-electron chi connectivity index (χ3n) is 17.3. The molecule has 0 spiro atoms. The molecule has 2 aliphatic heterocycles. The summed E-state index contributed by atoms with van der Waals surface area (Å²) in [5.41, 5.74) is 10.5. The molecule has 1 fully saturated rings. The first-order chi connectivity index (χ1) is 47.2. The van der Waals surface area contributed by atoms with Crippen LogP contribution in [0.1, 0.15) is 109 Å². The van der Waals surface area contributed by atoms with Crippen molar-refractivity contribution in [2.45, 2.75) is 92.7 Å². The van der Waals surface area contributed by atoms with Crippen molar-refractivity contribution in [3.05, 3.63) is 131 Å². The molecule has 28 heteroatoms. The zero-order chi connectivity index (χ0) is 71.7. The summed E-state index contributed by atoms with van der Waals surface area (Å²) in [6.07, 6.45) is 1.16. The number of primary amides is 1. The Labute approximate surface area is 579 Å². The van der Waals surface area contributed by atoms with Crippen LogP contribution in [0, 0.1) is 37.0 Å². The van der Waals surface area contributed by atoms with Gasteiger partial charge in [0.05, 0.1) is 62.9 Å². The average Bonchev–Trinajstić information content (AvgIpc) is 1.62. The fraction of sp³-hybridized carbons (Fsp3) is 0.451. The lowest BCUT2D eigenvalue weighted by Gasteiger charge is -2.26. The fourth-order valence-corrected chi connectivity index (χ4v) is 12.0. The van der Waals surface area contributed by atoms with E-state index in [1.165, 1.54) is 21.7 Å². The molecule has 7 N–H and O–H groups in total. The molecule has 4 heterocycles. The van der Waals surface area contributed by atoms with Gasteiger partial charge in [-0.25, -0.2) is 24.2 Å². The Morgan fingerprint density at radius 3 is 2.24 bits per heavy atom. The van der Waals surface area contributed by atoms with E-state index in [1.54, 1.807) is 90.1 Å². The number of carbonyl (C=O) groups is 10. The molecule has 0 radical (unpaired) electrons. The van der Waals surface area contributed by atoms with Crippen LogP contribution < -0.4 is 36.6 Å². The number of aryl methyl sites for hydroxylation is 2. The van der Waals surface area contributed by atoms with Gasteiger partial charge in [-0.15, -0.1) is 11.6 Å². The quantitative estimate of drug-likeness (QED) is 0.0131. The number of fused-ring (bicyclic) bond motifs is 4. The summed E-state index contributed by atoms with van der Waals surface area (Å²) in [5, 5.41) is 21.6. The smallest absolute Gasteiger partial charge is 0.415 e. The standard InChI is InChI=1S/C71H88ClN11O16/c1-43(2)62(78-68(92)97-34-33-96-31-28-82-59(86)36-53(65(82)89)71(5,6)7)56(85)35-48(12-10-24-74-67(73)91)64(88)75-50-20-16-46(17-21-50)42-98-69(93)79(8)25-26-80(27-30-95-32-29-84)70(94)99-57-37-55-61(60-45(4)11-9-13-52(57)60)49(38-72)39-83(55)66(90)54-41-81-40-51(22-23-58(81)77-54)76-63(87)47-18-14-44(3)15-19-47/h9,11,13-23,37,40-41,43,48-49,53,62,84H,10,12,24-36,38-39,42H2,1-8H3,(H,75,88)(H,76,87)(H,78,92)(H3,73,74,91)/t48-,49-,53?,62+/m1/s1. The van der Waals surface area contributed by atoms with Crippen molar-refractivity contribution >= 4 is 105 Å². The molecule has 2 aliphatic rings. The second-order valence-corrected chi connectivity index (χ2v) is 26.3. The molecule has 530 valence electrons. The van der Waals surface area contributed by atoms with Crippen LogP contribution in [-0.2, 0) is 44.7 Å². The highest BCUT2D eigenvalue weighted by atomic mass is 35.5. The molecule has 4 aromatic carbocycles. The second-order valence-electron chi connectivity index (χ2n) is 26.0. The number of nitrogens with two attached hydrogens (primary N) is 1. The maximum absolute atomic E-state index is 14.6. The Kier molecular flexibility index (Phi) is 26.3. The number of halogens is 1. The zero-order valence-electron chi connectivity index (χ0n) is 57.1. The van der Waals surface area contributed by atoms with Crippen LogP contribution in [0.25, 0.3) is 16.4 Å². The van der Waals surface area contributed by atoms with Gasteiger partial charge in [-0.2, -0.15) is 0 Å². The van der Waals surface area contributed by atoms with Crippen LogP contribution in [0.5, 0.6) is 5.75 Å². The molecule has 10 amide bonds. The molecule has 4 atom stereocenters. The largest absolute Gasteiger partial charge is 0.447 e. The minimum absolute atomic E-state index is 0.00143. The van der Waals surface area contributed by atoms with Gasteiger partial charge in [0.25, 0.3) is 11.8 Å².